The van der Waals surface area contributed by atoms with Crippen LogP contribution >= 0.6 is 0 Å². The van der Waals surface area contributed by atoms with Crippen molar-refractivity contribution in [3.63, 3.8) is 0 Å². The van der Waals surface area contributed by atoms with Crippen LogP contribution in [0.2, 0.25) is 0 Å². The lowest BCUT2D eigenvalue weighted by molar-refractivity contribution is 0.403. The van der Waals surface area contributed by atoms with E-state index in [-0.39, 0.29) is 17.4 Å². The van der Waals surface area contributed by atoms with Crippen LogP contribution in [-0.2, 0) is 9.84 Å². The molecule has 1 saturated heterocycles. The summed E-state index contributed by atoms with van der Waals surface area (Å²) < 4.78 is 28.8. The first kappa shape index (κ1) is 16.8. The summed E-state index contributed by atoms with van der Waals surface area (Å²) in [5.41, 5.74) is 4.02. The number of nitrogens with zero attached hydrogens (tertiary/aromatic N) is 1. The van der Waals surface area contributed by atoms with E-state index in [1.165, 1.54) is 0 Å². The molecule has 1 fully saturated rings. The molecule has 1 aliphatic heterocycles. The van der Waals surface area contributed by atoms with E-state index in [1.54, 1.807) is 14.2 Å². The number of methoxy groups -OCH3 is 1. The summed E-state index contributed by atoms with van der Waals surface area (Å²) in [4.78, 5) is 4.27. The molecule has 1 aromatic carbocycles. The number of benzene rings is 1. The van der Waals surface area contributed by atoms with Crippen LogP contribution in [0.4, 0.5) is 5.69 Å². The van der Waals surface area contributed by atoms with Crippen molar-refractivity contribution in [3.8, 4) is 5.75 Å². The molecule has 1 N–H and O–H groups in total. The Morgan fingerprint density at radius 2 is 1.95 bits per heavy atom. The normalized spacial score (nSPS) is 19.0. The van der Waals surface area contributed by atoms with Crippen molar-refractivity contribution < 1.29 is 13.2 Å². The Labute approximate surface area is 132 Å². The molecule has 1 aliphatic rings. The minimum absolute atomic E-state index is 0.216. The first-order chi connectivity index (χ1) is 10.4. The Kier molecular flexibility index (Phi) is 5.11. The molecule has 0 spiro atoms. The third-order valence-corrected chi connectivity index (χ3v) is 6.07. The van der Waals surface area contributed by atoms with E-state index >= 15 is 0 Å². The molecule has 0 saturated carbocycles. The maximum absolute atomic E-state index is 11.6. The number of aliphatic imine (C=N–C) groups is 1. The third kappa shape index (κ3) is 3.43. The van der Waals surface area contributed by atoms with Crippen LogP contribution in [0.15, 0.2) is 17.1 Å². The summed E-state index contributed by atoms with van der Waals surface area (Å²) in [5, 5.41) is 3.17. The summed E-state index contributed by atoms with van der Waals surface area (Å²) in [5.74, 6) is 1.53. The number of anilines is 1. The molecule has 22 heavy (non-hydrogen) atoms. The van der Waals surface area contributed by atoms with E-state index in [0.29, 0.717) is 12.8 Å². The molecule has 0 aliphatic carbocycles. The smallest absolute Gasteiger partial charge is 0.150 e. The van der Waals surface area contributed by atoms with Gasteiger partial charge in [-0.15, -0.1) is 0 Å². The predicted molar refractivity (Wildman–Crippen MR) is 91.3 cm³/mol. The molecule has 2 rings (SSSR count). The van der Waals surface area contributed by atoms with Gasteiger partial charge in [0, 0.05) is 37.1 Å². The molecule has 1 aromatic rings. The standard InChI is InChI=1S/C16H24N2O3S/c1-11(17-2)13-9-14(16(21-4)10-15(13)18-3)12-5-7-22(19,20)8-6-12/h9-10,12,18H,5-8H2,1-4H3. The number of ether oxygens (including phenoxy) is 1. The molecule has 6 heteroatoms. The van der Waals surface area contributed by atoms with Crippen LogP contribution in [0, 0.1) is 0 Å². The lowest BCUT2D eigenvalue weighted by Gasteiger charge is -2.25. The van der Waals surface area contributed by atoms with Crippen molar-refractivity contribution in [2.24, 2.45) is 4.99 Å². The van der Waals surface area contributed by atoms with Crippen molar-refractivity contribution >= 4 is 21.2 Å². The Balaban J connectivity index is 2.46. The fourth-order valence-electron chi connectivity index (χ4n) is 2.92. The molecular formula is C16H24N2O3S. The van der Waals surface area contributed by atoms with Crippen molar-refractivity contribution in [1.29, 1.82) is 0 Å². The van der Waals surface area contributed by atoms with Gasteiger partial charge in [0.1, 0.15) is 15.6 Å². The molecule has 0 bridgehead atoms. The van der Waals surface area contributed by atoms with Gasteiger partial charge in [0.25, 0.3) is 0 Å². The predicted octanol–water partition coefficient (Wildman–Crippen LogP) is 2.47. The van der Waals surface area contributed by atoms with Crippen LogP contribution in [0.1, 0.15) is 36.8 Å². The summed E-state index contributed by atoms with van der Waals surface area (Å²) in [6.45, 7) is 1.97. The van der Waals surface area contributed by atoms with Gasteiger partial charge in [-0.2, -0.15) is 0 Å². The van der Waals surface area contributed by atoms with Gasteiger partial charge in [-0.25, -0.2) is 8.42 Å². The van der Waals surface area contributed by atoms with Gasteiger partial charge in [0.05, 0.1) is 18.6 Å². The van der Waals surface area contributed by atoms with Crippen LogP contribution in [0.5, 0.6) is 5.75 Å². The van der Waals surface area contributed by atoms with Crippen molar-refractivity contribution in [1.82, 2.24) is 0 Å². The minimum atomic E-state index is -2.86. The van der Waals surface area contributed by atoms with Crippen LogP contribution in [-0.4, -0.2) is 46.8 Å². The lowest BCUT2D eigenvalue weighted by atomic mass is 9.90. The highest BCUT2D eigenvalue weighted by atomic mass is 32.2. The quantitative estimate of drug-likeness (QED) is 0.864. The Hall–Kier alpha value is -1.56. The van der Waals surface area contributed by atoms with Crippen molar-refractivity contribution in [2.45, 2.75) is 25.7 Å². The second-order valence-corrected chi connectivity index (χ2v) is 7.93. The van der Waals surface area contributed by atoms with E-state index in [1.807, 2.05) is 20.0 Å². The van der Waals surface area contributed by atoms with Gasteiger partial charge in [-0.1, -0.05) is 0 Å². The first-order valence-corrected chi connectivity index (χ1v) is 9.28. The zero-order valence-corrected chi connectivity index (χ0v) is 14.5. The van der Waals surface area contributed by atoms with Crippen LogP contribution < -0.4 is 10.1 Å². The molecule has 5 nitrogen and oxygen atoms in total. The average molecular weight is 324 g/mol. The van der Waals surface area contributed by atoms with Crippen molar-refractivity contribution in [2.75, 3.05) is 38.0 Å². The number of rotatable bonds is 4. The monoisotopic (exact) mass is 324 g/mol. The summed E-state index contributed by atoms with van der Waals surface area (Å²) in [6, 6.07) is 4.07. The van der Waals surface area contributed by atoms with E-state index in [2.05, 4.69) is 16.4 Å². The number of sulfone groups is 1. The van der Waals surface area contributed by atoms with Gasteiger partial charge in [-0.3, -0.25) is 4.99 Å². The number of hydrogen-bond donors (Lipinski definition) is 1. The first-order valence-electron chi connectivity index (χ1n) is 7.45. The topological polar surface area (TPSA) is 67.8 Å². The molecule has 0 radical (unpaired) electrons. The SMILES string of the molecule is CN=C(C)c1cc(C2CCS(=O)(=O)CC2)c(OC)cc1NC. The maximum Gasteiger partial charge on any atom is 0.150 e. The maximum atomic E-state index is 11.6. The molecule has 1 heterocycles. The molecule has 122 valence electrons. The summed E-state index contributed by atoms with van der Waals surface area (Å²) in [7, 11) is 2.43. The summed E-state index contributed by atoms with van der Waals surface area (Å²) in [6.07, 6.45) is 1.30. The largest absolute Gasteiger partial charge is 0.496 e. The van der Waals surface area contributed by atoms with Gasteiger partial charge >= 0.3 is 0 Å². The fourth-order valence-corrected chi connectivity index (χ4v) is 4.41. The second-order valence-electron chi connectivity index (χ2n) is 5.62. The molecule has 0 atom stereocenters. The highest BCUT2D eigenvalue weighted by Crippen LogP contribution is 2.38. The number of hydrogen-bond acceptors (Lipinski definition) is 5. The Morgan fingerprint density at radius 3 is 2.45 bits per heavy atom. The molecule has 0 aromatic heterocycles. The zero-order chi connectivity index (χ0) is 16.3. The molecular weight excluding hydrogens is 300 g/mol. The van der Waals surface area contributed by atoms with Gasteiger partial charge in [-0.05, 0) is 37.3 Å². The van der Waals surface area contributed by atoms with Crippen LogP contribution in [0.3, 0.4) is 0 Å². The van der Waals surface area contributed by atoms with Crippen molar-refractivity contribution in [3.05, 3.63) is 23.3 Å². The second kappa shape index (κ2) is 6.69. The molecule has 0 amide bonds. The van der Waals surface area contributed by atoms with E-state index in [4.69, 9.17) is 4.74 Å². The number of nitrogens with one attached hydrogen (secondary N) is 1. The minimum Gasteiger partial charge on any atom is -0.496 e. The average Bonchev–Trinajstić information content (AvgIpc) is 2.53. The Morgan fingerprint density at radius 1 is 1.32 bits per heavy atom. The highest BCUT2D eigenvalue weighted by molar-refractivity contribution is 7.91. The zero-order valence-electron chi connectivity index (χ0n) is 13.6. The van der Waals surface area contributed by atoms with Gasteiger partial charge in [0.2, 0.25) is 0 Å². The third-order valence-electron chi connectivity index (χ3n) is 4.36. The summed E-state index contributed by atoms with van der Waals surface area (Å²) >= 11 is 0. The highest BCUT2D eigenvalue weighted by Gasteiger charge is 2.27. The van der Waals surface area contributed by atoms with E-state index < -0.39 is 9.84 Å². The van der Waals surface area contributed by atoms with Gasteiger partial charge in [0.15, 0.2) is 0 Å². The lowest BCUT2D eigenvalue weighted by Crippen LogP contribution is -2.22. The van der Waals surface area contributed by atoms with Gasteiger partial charge < -0.3 is 10.1 Å². The Bertz CT molecular complexity index is 667. The molecule has 0 unspecified atom stereocenters. The van der Waals surface area contributed by atoms with E-state index in [9.17, 15) is 8.42 Å². The fraction of sp³-hybridized carbons (Fsp3) is 0.562. The van der Waals surface area contributed by atoms with Crippen LogP contribution in [0.25, 0.3) is 0 Å². The van der Waals surface area contributed by atoms with E-state index in [0.717, 1.165) is 28.3 Å².